The average molecular weight is 323 g/mol. The topological polar surface area (TPSA) is 55.6 Å². The Morgan fingerprint density at radius 1 is 1.25 bits per heavy atom. The summed E-state index contributed by atoms with van der Waals surface area (Å²) in [6, 6.07) is 11.4. The van der Waals surface area contributed by atoms with Crippen LogP contribution in [0.2, 0.25) is 0 Å². The number of hydrogen-bond acceptors (Lipinski definition) is 3. The summed E-state index contributed by atoms with van der Waals surface area (Å²) < 4.78 is 7.17. The van der Waals surface area contributed by atoms with Crippen molar-refractivity contribution < 1.29 is 9.53 Å². The lowest BCUT2D eigenvalue weighted by Gasteiger charge is -2.15. The van der Waals surface area contributed by atoms with Crippen molar-refractivity contribution in [3.8, 4) is 5.75 Å². The molecule has 0 bridgehead atoms. The molecule has 5 heteroatoms. The van der Waals surface area contributed by atoms with Crippen LogP contribution in [0.4, 0.5) is 0 Å². The van der Waals surface area contributed by atoms with Crippen LogP contribution in [0.3, 0.4) is 0 Å². The summed E-state index contributed by atoms with van der Waals surface area (Å²) in [6.07, 6.45) is 1.88. The third-order valence-electron chi connectivity index (χ3n) is 4.13. The van der Waals surface area contributed by atoms with Gasteiger partial charge in [-0.2, -0.15) is 0 Å². The number of rotatable bonds is 4. The Kier molecular flexibility index (Phi) is 4.25. The van der Waals surface area contributed by atoms with Gasteiger partial charge in [-0.3, -0.25) is 4.79 Å². The van der Waals surface area contributed by atoms with Crippen molar-refractivity contribution >= 4 is 11.6 Å². The maximum absolute atomic E-state index is 12.7. The van der Waals surface area contributed by atoms with Crippen molar-refractivity contribution in [2.24, 2.45) is 0 Å². The number of fused-ring (bicyclic) bond motifs is 1. The van der Waals surface area contributed by atoms with Crippen LogP contribution >= 0.6 is 0 Å². The predicted octanol–water partition coefficient (Wildman–Crippen LogP) is 3.45. The van der Waals surface area contributed by atoms with Crippen molar-refractivity contribution in [3.63, 3.8) is 0 Å². The van der Waals surface area contributed by atoms with Crippen molar-refractivity contribution in [1.82, 2.24) is 14.7 Å². The molecule has 0 saturated carbocycles. The molecule has 2 aromatic heterocycles. The molecule has 24 heavy (non-hydrogen) atoms. The number of ether oxygens (including phenoxy) is 1. The number of amides is 1. The van der Waals surface area contributed by atoms with Gasteiger partial charge in [0.1, 0.15) is 11.4 Å². The second-order valence-electron chi connectivity index (χ2n) is 5.93. The fourth-order valence-electron chi connectivity index (χ4n) is 2.84. The number of methoxy groups -OCH3 is 1. The van der Waals surface area contributed by atoms with Crippen molar-refractivity contribution in [3.05, 3.63) is 65.1 Å². The lowest BCUT2D eigenvalue weighted by molar-refractivity contribution is 0.0941. The van der Waals surface area contributed by atoms with Crippen LogP contribution in [0.15, 0.2) is 42.6 Å². The van der Waals surface area contributed by atoms with Crippen molar-refractivity contribution in [1.29, 1.82) is 0 Å². The lowest BCUT2D eigenvalue weighted by atomic mass is 10.1. The van der Waals surface area contributed by atoms with Gasteiger partial charge in [0.2, 0.25) is 0 Å². The van der Waals surface area contributed by atoms with Crippen LogP contribution in [0, 0.1) is 13.8 Å². The Labute approximate surface area is 141 Å². The minimum absolute atomic E-state index is 0.131. The average Bonchev–Trinajstić information content (AvgIpc) is 2.99. The molecule has 0 aliphatic heterocycles. The summed E-state index contributed by atoms with van der Waals surface area (Å²) in [7, 11) is 1.63. The molecule has 0 aliphatic rings. The van der Waals surface area contributed by atoms with Crippen molar-refractivity contribution in [2.45, 2.75) is 26.8 Å². The van der Waals surface area contributed by atoms with E-state index in [1.807, 2.05) is 67.8 Å². The fourth-order valence-corrected chi connectivity index (χ4v) is 2.84. The van der Waals surface area contributed by atoms with Gasteiger partial charge in [0.25, 0.3) is 5.91 Å². The Morgan fingerprint density at radius 3 is 2.79 bits per heavy atom. The predicted molar refractivity (Wildman–Crippen MR) is 93.5 cm³/mol. The Hall–Kier alpha value is -2.82. The van der Waals surface area contributed by atoms with E-state index < -0.39 is 0 Å². The number of hydrogen-bond donors (Lipinski definition) is 1. The molecule has 0 aliphatic carbocycles. The third kappa shape index (κ3) is 2.97. The molecule has 1 unspecified atom stereocenters. The summed E-state index contributed by atoms with van der Waals surface area (Å²) in [5, 5.41) is 3.03. The first-order valence-electron chi connectivity index (χ1n) is 7.89. The zero-order chi connectivity index (χ0) is 17.3. The molecule has 5 nitrogen and oxygen atoms in total. The van der Waals surface area contributed by atoms with Gasteiger partial charge in [-0.25, -0.2) is 4.98 Å². The number of aryl methyl sites for hydroxylation is 2. The second-order valence-corrected chi connectivity index (χ2v) is 5.93. The van der Waals surface area contributed by atoms with E-state index in [0.717, 1.165) is 22.7 Å². The highest BCUT2D eigenvalue weighted by molar-refractivity contribution is 6.00. The van der Waals surface area contributed by atoms with Gasteiger partial charge in [-0.05, 0) is 50.6 Å². The van der Waals surface area contributed by atoms with E-state index >= 15 is 0 Å². The number of nitrogens with zero attached hydrogens (tertiary/aromatic N) is 2. The van der Waals surface area contributed by atoms with E-state index in [4.69, 9.17) is 4.74 Å². The van der Waals surface area contributed by atoms with Gasteiger partial charge in [-0.1, -0.05) is 12.1 Å². The lowest BCUT2D eigenvalue weighted by Crippen LogP contribution is -2.26. The monoisotopic (exact) mass is 323 g/mol. The van der Waals surface area contributed by atoms with Gasteiger partial charge in [-0.15, -0.1) is 0 Å². The van der Waals surface area contributed by atoms with Gasteiger partial charge in [0, 0.05) is 17.6 Å². The SMILES string of the molecule is COc1cccc(C(C)NC(=O)c2ccn3c(C)cc(C)nc23)c1. The highest BCUT2D eigenvalue weighted by Gasteiger charge is 2.17. The largest absolute Gasteiger partial charge is 0.497 e. The zero-order valence-electron chi connectivity index (χ0n) is 14.3. The molecule has 1 N–H and O–H groups in total. The summed E-state index contributed by atoms with van der Waals surface area (Å²) in [5.74, 6) is 0.640. The molecule has 124 valence electrons. The first-order valence-corrected chi connectivity index (χ1v) is 7.89. The minimum Gasteiger partial charge on any atom is -0.497 e. The highest BCUT2D eigenvalue weighted by Crippen LogP contribution is 2.20. The molecule has 2 heterocycles. The van der Waals surface area contributed by atoms with E-state index in [1.54, 1.807) is 7.11 Å². The number of carbonyl (C=O) groups excluding carboxylic acids is 1. The van der Waals surface area contributed by atoms with Crippen LogP contribution in [0.1, 0.15) is 40.3 Å². The third-order valence-corrected chi connectivity index (χ3v) is 4.13. The molecule has 3 rings (SSSR count). The molecular formula is C19H21N3O2. The maximum atomic E-state index is 12.7. The Morgan fingerprint density at radius 2 is 2.04 bits per heavy atom. The highest BCUT2D eigenvalue weighted by atomic mass is 16.5. The van der Waals surface area contributed by atoms with E-state index in [0.29, 0.717) is 11.2 Å². The second kappa shape index (κ2) is 6.35. The minimum atomic E-state index is -0.134. The van der Waals surface area contributed by atoms with Crippen LogP contribution in [-0.4, -0.2) is 22.4 Å². The Bertz CT molecular complexity index is 899. The van der Waals surface area contributed by atoms with Gasteiger partial charge < -0.3 is 14.5 Å². The summed E-state index contributed by atoms with van der Waals surface area (Å²) in [5.41, 5.74) is 4.21. The van der Waals surface area contributed by atoms with E-state index in [-0.39, 0.29) is 11.9 Å². The number of benzene rings is 1. The Balaban J connectivity index is 1.87. The van der Waals surface area contributed by atoms with Crippen LogP contribution in [-0.2, 0) is 0 Å². The molecular weight excluding hydrogens is 302 g/mol. The molecule has 0 radical (unpaired) electrons. The summed E-state index contributed by atoms with van der Waals surface area (Å²) >= 11 is 0. The van der Waals surface area contributed by atoms with Crippen LogP contribution in [0.5, 0.6) is 5.75 Å². The van der Waals surface area contributed by atoms with Crippen LogP contribution < -0.4 is 10.1 Å². The number of aromatic nitrogens is 2. The van der Waals surface area contributed by atoms with Gasteiger partial charge >= 0.3 is 0 Å². The first kappa shape index (κ1) is 16.1. The van der Waals surface area contributed by atoms with Gasteiger partial charge in [0.15, 0.2) is 0 Å². The quantitative estimate of drug-likeness (QED) is 0.800. The summed E-state index contributed by atoms with van der Waals surface area (Å²) in [6.45, 7) is 5.89. The fraction of sp³-hybridized carbons (Fsp3) is 0.263. The smallest absolute Gasteiger partial charge is 0.255 e. The molecule has 0 saturated heterocycles. The van der Waals surface area contributed by atoms with Crippen molar-refractivity contribution in [2.75, 3.05) is 7.11 Å². The van der Waals surface area contributed by atoms with E-state index in [2.05, 4.69) is 10.3 Å². The normalized spacial score (nSPS) is 12.2. The molecule has 1 aromatic carbocycles. The standard InChI is InChI=1S/C19H21N3O2/c1-12-10-13(2)22-9-8-17(18(22)20-12)19(23)21-14(3)15-6-5-7-16(11-15)24-4/h5-11,14H,1-4H3,(H,21,23). The first-order chi connectivity index (χ1) is 11.5. The molecule has 1 amide bonds. The molecule has 0 fully saturated rings. The molecule has 1 atom stereocenters. The maximum Gasteiger partial charge on any atom is 0.255 e. The van der Waals surface area contributed by atoms with Gasteiger partial charge in [0.05, 0.1) is 18.7 Å². The van der Waals surface area contributed by atoms with Crippen LogP contribution in [0.25, 0.3) is 5.65 Å². The van der Waals surface area contributed by atoms with E-state index in [9.17, 15) is 4.79 Å². The summed E-state index contributed by atoms with van der Waals surface area (Å²) in [4.78, 5) is 17.2. The van der Waals surface area contributed by atoms with E-state index in [1.165, 1.54) is 0 Å². The number of nitrogens with one attached hydrogen (secondary N) is 1. The zero-order valence-corrected chi connectivity index (χ0v) is 14.3. The molecule has 0 spiro atoms. The molecule has 3 aromatic rings. The number of carbonyl (C=O) groups is 1.